The molecule has 0 aliphatic rings. The minimum Gasteiger partial charge on any atom is -0.497 e. The van der Waals surface area contributed by atoms with Crippen LogP contribution in [0.4, 0.5) is 0 Å². The van der Waals surface area contributed by atoms with Crippen molar-refractivity contribution in [3.05, 3.63) is 82.7 Å². The fourth-order valence-electron chi connectivity index (χ4n) is 3.49. The molecule has 1 atom stereocenters. The van der Waals surface area contributed by atoms with Crippen LogP contribution in [-0.2, 0) is 24.3 Å². The van der Waals surface area contributed by atoms with Crippen molar-refractivity contribution in [1.82, 2.24) is 19.7 Å². The summed E-state index contributed by atoms with van der Waals surface area (Å²) in [7, 11) is 1.65. The second kappa shape index (κ2) is 11.2. The summed E-state index contributed by atoms with van der Waals surface area (Å²) < 4.78 is 12.6. The van der Waals surface area contributed by atoms with Crippen LogP contribution in [-0.4, -0.2) is 44.5 Å². The van der Waals surface area contributed by atoms with Gasteiger partial charge in [0.05, 0.1) is 25.7 Å². The van der Waals surface area contributed by atoms with E-state index in [0.29, 0.717) is 18.2 Å². The number of hydrogen-bond acceptors (Lipinski definition) is 7. The van der Waals surface area contributed by atoms with E-state index in [1.54, 1.807) is 31.0 Å². The van der Waals surface area contributed by atoms with E-state index in [1.807, 2.05) is 51.9 Å². The summed E-state index contributed by atoms with van der Waals surface area (Å²) in [5.74, 6) is 1.96. The minimum absolute atomic E-state index is 0.0554. The molecular formula is C24H26N4O3S2. The van der Waals surface area contributed by atoms with Crippen molar-refractivity contribution in [3.8, 4) is 5.75 Å². The highest BCUT2D eigenvalue weighted by Gasteiger charge is 2.22. The first kappa shape index (κ1) is 23.1. The molecule has 0 N–H and O–H groups in total. The number of hydrogen-bond donors (Lipinski definition) is 0. The van der Waals surface area contributed by atoms with Gasteiger partial charge in [-0.15, -0.1) is 21.5 Å². The van der Waals surface area contributed by atoms with E-state index in [4.69, 9.17) is 9.15 Å². The van der Waals surface area contributed by atoms with Crippen molar-refractivity contribution in [3.63, 3.8) is 0 Å². The Morgan fingerprint density at radius 2 is 2.09 bits per heavy atom. The maximum absolute atomic E-state index is 13.4. The lowest BCUT2D eigenvalue weighted by Gasteiger charge is -2.29. The maximum Gasteiger partial charge on any atom is 0.233 e. The zero-order chi connectivity index (χ0) is 23.0. The molecular weight excluding hydrogens is 456 g/mol. The summed E-state index contributed by atoms with van der Waals surface area (Å²) in [4.78, 5) is 16.6. The van der Waals surface area contributed by atoms with Crippen molar-refractivity contribution < 1.29 is 13.9 Å². The zero-order valence-electron chi connectivity index (χ0n) is 18.6. The molecule has 3 aromatic heterocycles. The third-order valence-electron chi connectivity index (χ3n) is 5.25. The number of carbonyl (C=O) groups is 1. The van der Waals surface area contributed by atoms with Gasteiger partial charge in [-0.2, -0.15) is 0 Å². The molecule has 3 heterocycles. The van der Waals surface area contributed by atoms with E-state index >= 15 is 0 Å². The fraction of sp³-hybridized carbons (Fsp3) is 0.292. The Balaban J connectivity index is 1.44. The summed E-state index contributed by atoms with van der Waals surface area (Å²) >= 11 is 3.11. The number of methoxy groups -OCH3 is 1. The van der Waals surface area contributed by atoms with Crippen molar-refractivity contribution in [2.45, 2.75) is 37.6 Å². The van der Waals surface area contributed by atoms with Gasteiger partial charge in [0.1, 0.15) is 17.8 Å². The lowest BCUT2D eigenvalue weighted by molar-refractivity contribution is -0.131. The van der Waals surface area contributed by atoms with Gasteiger partial charge in [-0.3, -0.25) is 4.79 Å². The predicted molar refractivity (Wildman–Crippen MR) is 130 cm³/mol. The van der Waals surface area contributed by atoms with Gasteiger partial charge >= 0.3 is 0 Å². The molecule has 9 heteroatoms. The molecule has 7 nitrogen and oxygen atoms in total. The zero-order valence-corrected chi connectivity index (χ0v) is 20.2. The first-order valence-corrected chi connectivity index (χ1v) is 12.5. The lowest BCUT2D eigenvalue weighted by Crippen LogP contribution is -2.40. The number of thioether (sulfide) groups is 1. The van der Waals surface area contributed by atoms with Gasteiger partial charge in [0, 0.05) is 23.9 Å². The van der Waals surface area contributed by atoms with E-state index in [2.05, 4.69) is 28.6 Å². The molecule has 4 aromatic rings. The molecule has 0 saturated heterocycles. The van der Waals surface area contributed by atoms with Gasteiger partial charge in [0.25, 0.3) is 0 Å². The monoisotopic (exact) mass is 482 g/mol. The Morgan fingerprint density at radius 1 is 1.24 bits per heavy atom. The summed E-state index contributed by atoms with van der Waals surface area (Å²) in [6, 6.07) is 15.8. The number of aromatic nitrogens is 3. The van der Waals surface area contributed by atoms with Crippen molar-refractivity contribution in [2.24, 2.45) is 0 Å². The molecule has 0 aliphatic heterocycles. The van der Waals surface area contributed by atoms with Gasteiger partial charge in [0.15, 0.2) is 5.16 Å². The Kier molecular flexibility index (Phi) is 7.85. The van der Waals surface area contributed by atoms with Gasteiger partial charge < -0.3 is 18.6 Å². The number of furan rings is 1. The number of nitrogens with zero attached hydrogens (tertiary/aromatic N) is 4. The smallest absolute Gasteiger partial charge is 0.233 e. The van der Waals surface area contributed by atoms with Gasteiger partial charge in [-0.25, -0.2) is 0 Å². The molecule has 0 saturated carbocycles. The number of rotatable bonds is 11. The number of benzene rings is 1. The maximum atomic E-state index is 13.4. The second-order valence-electron chi connectivity index (χ2n) is 7.61. The number of ether oxygens (including phenoxy) is 1. The van der Waals surface area contributed by atoms with Crippen LogP contribution < -0.4 is 4.74 Å². The Hall–Kier alpha value is -3.04. The first-order valence-electron chi connectivity index (χ1n) is 10.6. The van der Waals surface area contributed by atoms with Crippen LogP contribution in [0.5, 0.6) is 5.75 Å². The average Bonchev–Trinajstić information content (AvgIpc) is 3.60. The van der Waals surface area contributed by atoms with Crippen LogP contribution >= 0.6 is 23.1 Å². The van der Waals surface area contributed by atoms with Crippen LogP contribution in [0.15, 0.2) is 76.1 Å². The van der Waals surface area contributed by atoms with E-state index in [1.165, 1.54) is 16.6 Å². The highest BCUT2D eigenvalue weighted by molar-refractivity contribution is 7.99. The summed E-state index contributed by atoms with van der Waals surface area (Å²) in [6.07, 6.45) is 4.12. The first-order chi connectivity index (χ1) is 16.1. The van der Waals surface area contributed by atoms with E-state index < -0.39 is 0 Å². The molecule has 1 amide bonds. The Bertz CT molecular complexity index is 1130. The standard InChI is InChI=1S/C24H26N4O3S2/c1-18(13-22-6-4-12-32-22)28(14-19-7-9-20(30-2)10-8-19)23(29)16-33-24-26-25-17-27(24)15-21-5-3-11-31-21/h3-12,17-18H,13-16H2,1-2H3. The van der Waals surface area contributed by atoms with Gasteiger partial charge in [-0.1, -0.05) is 30.0 Å². The number of amides is 1. The average molecular weight is 483 g/mol. The molecule has 0 spiro atoms. The van der Waals surface area contributed by atoms with Crippen LogP contribution in [0.3, 0.4) is 0 Å². The molecule has 0 aliphatic carbocycles. The van der Waals surface area contributed by atoms with Crippen LogP contribution in [0.2, 0.25) is 0 Å². The van der Waals surface area contributed by atoms with E-state index in [9.17, 15) is 4.79 Å². The van der Waals surface area contributed by atoms with Crippen LogP contribution in [0, 0.1) is 0 Å². The van der Waals surface area contributed by atoms with Crippen molar-refractivity contribution in [2.75, 3.05) is 12.9 Å². The van der Waals surface area contributed by atoms with Crippen molar-refractivity contribution in [1.29, 1.82) is 0 Å². The van der Waals surface area contributed by atoms with E-state index in [0.717, 1.165) is 23.5 Å². The molecule has 0 radical (unpaired) electrons. The third kappa shape index (κ3) is 6.27. The predicted octanol–water partition coefficient (Wildman–Crippen LogP) is 4.74. The quantitative estimate of drug-likeness (QED) is 0.288. The van der Waals surface area contributed by atoms with Gasteiger partial charge in [0.2, 0.25) is 5.91 Å². The van der Waals surface area contributed by atoms with Gasteiger partial charge in [-0.05, 0) is 48.2 Å². The normalized spacial score (nSPS) is 11.9. The molecule has 4 rings (SSSR count). The number of carbonyl (C=O) groups excluding carboxylic acids is 1. The SMILES string of the molecule is COc1ccc(CN(C(=O)CSc2nncn2Cc2ccco2)C(C)Cc2cccs2)cc1. The topological polar surface area (TPSA) is 73.4 Å². The number of thiophene rings is 1. The third-order valence-corrected chi connectivity index (χ3v) is 7.12. The minimum atomic E-state index is 0.0554. The Morgan fingerprint density at radius 3 is 2.79 bits per heavy atom. The van der Waals surface area contributed by atoms with Crippen LogP contribution in [0.1, 0.15) is 23.1 Å². The lowest BCUT2D eigenvalue weighted by atomic mass is 10.1. The highest BCUT2D eigenvalue weighted by atomic mass is 32.2. The van der Waals surface area contributed by atoms with E-state index in [-0.39, 0.29) is 17.7 Å². The van der Waals surface area contributed by atoms with Crippen molar-refractivity contribution >= 4 is 29.0 Å². The highest BCUT2D eigenvalue weighted by Crippen LogP contribution is 2.22. The Labute approximate surface area is 201 Å². The molecule has 0 bridgehead atoms. The molecule has 1 unspecified atom stereocenters. The second-order valence-corrected chi connectivity index (χ2v) is 9.59. The molecule has 172 valence electrons. The summed E-state index contributed by atoms with van der Waals surface area (Å²) in [5, 5.41) is 11.0. The molecule has 1 aromatic carbocycles. The summed E-state index contributed by atoms with van der Waals surface area (Å²) in [5.41, 5.74) is 1.06. The fourth-order valence-corrected chi connectivity index (χ4v) is 5.12. The largest absolute Gasteiger partial charge is 0.497 e. The van der Waals surface area contributed by atoms with Crippen LogP contribution in [0.25, 0.3) is 0 Å². The molecule has 0 fully saturated rings. The summed E-state index contributed by atoms with van der Waals surface area (Å²) in [6.45, 7) is 3.17. The molecule has 33 heavy (non-hydrogen) atoms.